The number of sulfonamides is 1. The van der Waals surface area contributed by atoms with Crippen LogP contribution in [-0.2, 0) is 21.4 Å². The van der Waals surface area contributed by atoms with E-state index in [1.807, 2.05) is 57.2 Å². The zero-order valence-electron chi connectivity index (χ0n) is 18.5. The smallest absolute Gasteiger partial charge is 0.264 e. The number of hydrogen-bond donors (Lipinski definition) is 1. The molecule has 0 fully saturated rings. The number of carbonyl (C=O) groups excluding carboxylic acids is 1. The third kappa shape index (κ3) is 5.88. The number of nitrogens with one attached hydrogen (secondary N) is 1. The van der Waals surface area contributed by atoms with Crippen molar-refractivity contribution in [3.8, 4) is 5.75 Å². The molecule has 0 aliphatic rings. The molecule has 0 aromatic heterocycles. The number of hydrogen-bond acceptors (Lipinski definition) is 4. The molecule has 6 nitrogen and oxygen atoms in total. The van der Waals surface area contributed by atoms with Crippen molar-refractivity contribution in [3.63, 3.8) is 0 Å². The van der Waals surface area contributed by atoms with Gasteiger partial charge in [-0.15, -0.1) is 0 Å². The summed E-state index contributed by atoms with van der Waals surface area (Å²) in [5.41, 5.74) is 2.10. The summed E-state index contributed by atoms with van der Waals surface area (Å²) < 4.78 is 33.6. The highest BCUT2D eigenvalue weighted by Gasteiger charge is 2.27. The maximum Gasteiger partial charge on any atom is 0.264 e. The Kier molecular flexibility index (Phi) is 7.53. The van der Waals surface area contributed by atoms with E-state index in [1.165, 1.54) is 12.1 Å². The van der Waals surface area contributed by atoms with Crippen LogP contribution in [0.1, 0.15) is 25.0 Å². The molecule has 0 unspecified atom stereocenters. The van der Waals surface area contributed by atoms with Gasteiger partial charge in [-0.05, 0) is 62.2 Å². The molecule has 3 aromatic rings. The standard InChI is InChI=1S/C25H28N2O4S/c1-19(2)31-22-12-9-11-21(16-22)17-26-25(28)18-27(24-15-8-7-10-20(24)3)32(29,30)23-13-5-4-6-14-23/h4-16,19H,17-18H2,1-3H3,(H,26,28). The van der Waals surface area contributed by atoms with Crippen LogP contribution in [0.2, 0.25) is 0 Å². The van der Waals surface area contributed by atoms with E-state index in [1.54, 1.807) is 30.3 Å². The van der Waals surface area contributed by atoms with Crippen LogP contribution in [0.4, 0.5) is 5.69 Å². The van der Waals surface area contributed by atoms with Crippen molar-refractivity contribution in [3.05, 3.63) is 90.0 Å². The van der Waals surface area contributed by atoms with Crippen LogP contribution < -0.4 is 14.4 Å². The Morgan fingerprint density at radius 3 is 2.34 bits per heavy atom. The van der Waals surface area contributed by atoms with Crippen LogP contribution in [0.25, 0.3) is 0 Å². The van der Waals surface area contributed by atoms with E-state index >= 15 is 0 Å². The van der Waals surface area contributed by atoms with Gasteiger partial charge in [-0.2, -0.15) is 0 Å². The van der Waals surface area contributed by atoms with E-state index in [9.17, 15) is 13.2 Å². The van der Waals surface area contributed by atoms with Gasteiger partial charge in [0, 0.05) is 6.54 Å². The van der Waals surface area contributed by atoms with Crippen molar-refractivity contribution < 1.29 is 17.9 Å². The zero-order valence-corrected chi connectivity index (χ0v) is 19.3. The van der Waals surface area contributed by atoms with Gasteiger partial charge in [-0.25, -0.2) is 8.42 Å². The zero-order chi connectivity index (χ0) is 23.1. The highest BCUT2D eigenvalue weighted by molar-refractivity contribution is 7.92. The minimum atomic E-state index is -3.92. The van der Waals surface area contributed by atoms with E-state index in [2.05, 4.69) is 5.32 Å². The molecule has 7 heteroatoms. The summed E-state index contributed by atoms with van der Waals surface area (Å²) >= 11 is 0. The molecule has 32 heavy (non-hydrogen) atoms. The minimum Gasteiger partial charge on any atom is -0.491 e. The van der Waals surface area contributed by atoms with Gasteiger partial charge in [0.2, 0.25) is 5.91 Å². The fourth-order valence-corrected chi connectivity index (χ4v) is 4.76. The van der Waals surface area contributed by atoms with Gasteiger partial charge < -0.3 is 10.1 Å². The second-order valence-corrected chi connectivity index (χ2v) is 9.56. The Hall–Kier alpha value is -3.32. The average Bonchev–Trinajstić information content (AvgIpc) is 2.77. The molecular weight excluding hydrogens is 424 g/mol. The second-order valence-electron chi connectivity index (χ2n) is 7.70. The normalized spacial score (nSPS) is 11.2. The van der Waals surface area contributed by atoms with E-state index in [0.717, 1.165) is 21.2 Å². The van der Waals surface area contributed by atoms with Gasteiger partial charge in [0.15, 0.2) is 0 Å². The van der Waals surface area contributed by atoms with Crippen molar-refractivity contribution >= 4 is 21.6 Å². The van der Waals surface area contributed by atoms with Crippen LogP contribution in [0.3, 0.4) is 0 Å². The Balaban J connectivity index is 1.80. The number of aryl methyl sites for hydroxylation is 1. The molecule has 0 spiro atoms. The fourth-order valence-electron chi connectivity index (χ4n) is 3.25. The summed E-state index contributed by atoms with van der Waals surface area (Å²) in [4.78, 5) is 12.9. The first-order valence-corrected chi connectivity index (χ1v) is 11.9. The van der Waals surface area contributed by atoms with Crippen LogP contribution in [0.15, 0.2) is 83.8 Å². The van der Waals surface area contributed by atoms with Gasteiger partial charge in [-0.3, -0.25) is 9.10 Å². The summed E-state index contributed by atoms with van der Waals surface area (Å²) in [7, 11) is -3.92. The molecule has 0 heterocycles. The summed E-state index contributed by atoms with van der Waals surface area (Å²) in [5.74, 6) is 0.322. The number of nitrogens with zero attached hydrogens (tertiary/aromatic N) is 1. The predicted molar refractivity (Wildman–Crippen MR) is 126 cm³/mol. The van der Waals surface area contributed by atoms with E-state index in [0.29, 0.717) is 5.69 Å². The highest BCUT2D eigenvalue weighted by atomic mass is 32.2. The van der Waals surface area contributed by atoms with Gasteiger partial charge in [0.05, 0.1) is 16.7 Å². The number of ether oxygens (including phenoxy) is 1. The maximum absolute atomic E-state index is 13.4. The van der Waals surface area contributed by atoms with E-state index in [4.69, 9.17) is 4.74 Å². The number of amides is 1. The Labute approximate surface area is 189 Å². The number of anilines is 1. The predicted octanol–water partition coefficient (Wildman–Crippen LogP) is 4.29. The van der Waals surface area contributed by atoms with Gasteiger partial charge in [0.25, 0.3) is 10.0 Å². The van der Waals surface area contributed by atoms with Crippen LogP contribution in [0.5, 0.6) is 5.75 Å². The number of carbonyl (C=O) groups is 1. The number of para-hydroxylation sites is 1. The molecule has 1 N–H and O–H groups in total. The van der Waals surface area contributed by atoms with Crippen molar-refractivity contribution in [2.24, 2.45) is 0 Å². The van der Waals surface area contributed by atoms with Crippen LogP contribution >= 0.6 is 0 Å². The molecule has 0 bridgehead atoms. The molecule has 0 saturated heterocycles. The van der Waals surface area contributed by atoms with Crippen molar-refractivity contribution in [2.75, 3.05) is 10.8 Å². The summed E-state index contributed by atoms with van der Waals surface area (Å²) in [6.07, 6.45) is 0.0469. The number of benzene rings is 3. The third-order valence-electron chi connectivity index (χ3n) is 4.76. The molecule has 0 aliphatic carbocycles. The summed E-state index contributed by atoms with van der Waals surface area (Å²) in [6, 6.07) is 22.7. The maximum atomic E-state index is 13.4. The molecule has 0 saturated carbocycles. The molecule has 3 rings (SSSR count). The monoisotopic (exact) mass is 452 g/mol. The lowest BCUT2D eigenvalue weighted by Gasteiger charge is -2.25. The topological polar surface area (TPSA) is 75.7 Å². The highest BCUT2D eigenvalue weighted by Crippen LogP contribution is 2.26. The molecule has 0 aliphatic heterocycles. The number of rotatable bonds is 9. The largest absolute Gasteiger partial charge is 0.491 e. The molecule has 0 atom stereocenters. The Morgan fingerprint density at radius 2 is 1.66 bits per heavy atom. The molecular formula is C25H28N2O4S. The van der Waals surface area contributed by atoms with Gasteiger partial charge in [-0.1, -0.05) is 48.5 Å². The first-order valence-electron chi connectivity index (χ1n) is 10.4. The van der Waals surface area contributed by atoms with Crippen molar-refractivity contribution in [2.45, 2.75) is 38.3 Å². The van der Waals surface area contributed by atoms with Gasteiger partial charge in [0.1, 0.15) is 12.3 Å². The summed E-state index contributed by atoms with van der Waals surface area (Å²) in [5, 5.41) is 2.82. The lowest BCUT2D eigenvalue weighted by atomic mass is 10.2. The van der Waals surface area contributed by atoms with Crippen LogP contribution in [-0.4, -0.2) is 27.0 Å². The fraction of sp³-hybridized carbons (Fsp3) is 0.240. The minimum absolute atomic E-state index is 0.0469. The molecule has 0 radical (unpaired) electrons. The van der Waals surface area contributed by atoms with Crippen molar-refractivity contribution in [1.29, 1.82) is 0 Å². The first-order chi connectivity index (χ1) is 15.3. The quantitative estimate of drug-likeness (QED) is 0.525. The first kappa shape index (κ1) is 23.3. The third-order valence-corrected chi connectivity index (χ3v) is 6.54. The van der Waals surface area contributed by atoms with E-state index < -0.39 is 15.9 Å². The van der Waals surface area contributed by atoms with E-state index in [-0.39, 0.29) is 24.1 Å². The molecule has 1 amide bonds. The molecule has 168 valence electrons. The Bertz CT molecular complexity index is 1160. The molecule has 3 aromatic carbocycles. The lowest BCUT2D eigenvalue weighted by molar-refractivity contribution is -0.119. The second kappa shape index (κ2) is 10.3. The van der Waals surface area contributed by atoms with Gasteiger partial charge >= 0.3 is 0 Å². The average molecular weight is 453 g/mol. The van der Waals surface area contributed by atoms with Crippen molar-refractivity contribution in [1.82, 2.24) is 5.32 Å². The van der Waals surface area contributed by atoms with Crippen LogP contribution in [0, 0.1) is 6.92 Å². The lowest BCUT2D eigenvalue weighted by Crippen LogP contribution is -2.41. The Morgan fingerprint density at radius 1 is 0.969 bits per heavy atom. The summed E-state index contributed by atoms with van der Waals surface area (Å²) in [6.45, 7) is 5.65. The SMILES string of the molecule is Cc1ccccc1N(CC(=O)NCc1cccc(OC(C)C)c1)S(=O)(=O)c1ccccc1.